The maximum absolute atomic E-state index is 11.3. The van der Waals surface area contributed by atoms with Gasteiger partial charge in [0.1, 0.15) is 11.3 Å². The van der Waals surface area contributed by atoms with Gasteiger partial charge >= 0.3 is 11.9 Å². The smallest absolute Gasteiger partial charge is 0.349 e. The monoisotopic (exact) mass is 238 g/mol. The fraction of sp³-hybridized carbons (Fsp3) is 0.273. The van der Waals surface area contributed by atoms with Gasteiger partial charge in [0.05, 0.1) is 14.2 Å². The number of carbonyl (C=O) groups is 2. The van der Waals surface area contributed by atoms with Crippen molar-refractivity contribution < 1.29 is 19.1 Å². The van der Waals surface area contributed by atoms with Crippen LogP contribution in [0.1, 0.15) is 21.7 Å². The van der Waals surface area contributed by atoms with Crippen molar-refractivity contribution in [3.63, 3.8) is 0 Å². The summed E-state index contributed by atoms with van der Waals surface area (Å²) >= 11 is 1.25. The van der Waals surface area contributed by atoms with Crippen LogP contribution in [0.25, 0.3) is 0 Å². The molecule has 5 heteroatoms. The molecule has 0 amide bonds. The van der Waals surface area contributed by atoms with Gasteiger partial charge < -0.3 is 9.47 Å². The minimum Gasteiger partial charge on any atom is -0.468 e. The van der Waals surface area contributed by atoms with Gasteiger partial charge in [-0.1, -0.05) is 11.8 Å². The van der Waals surface area contributed by atoms with Crippen molar-refractivity contribution in [2.45, 2.75) is 6.42 Å². The highest BCUT2D eigenvalue weighted by molar-refractivity contribution is 7.12. The Labute approximate surface area is 97.2 Å². The van der Waals surface area contributed by atoms with Crippen LogP contribution in [0.2, 0.25) is 0 Å². The molecule has 0 aromatic carbocycles. The first-order valence-corrected chi connectivity index (χ1v) is 5.28. The van der Waals surface area contributed by atoms with E-state index >= 15 is 0 Å². The van der Waals surface area contributed by atoms with E-state index in [1.54, 1.807) is 11.4 Å². The molecule has 16 heavy (non-hydrogen) atoms. The lowest BCUT2D eigenvalue weighted by Crippen LogP contribution is -2.00. The predicted octanol–water partition coefficient (Wildman–Crippen LogP) is 1.45. The Morgan fingerprint density at radius 2 is 2.12 bits per heavy atom. The second-order valence-electron chi connectivity index (χ2n) is 2.71. The minimum atomic E-state index is -0.419. The third kappa shape index (κ3) is 3.11. The predicted molar refractivity (Wildman–Crippen MR) is 59.2 cm³/mol. The van der Waals surface area contributed by atoms with Gasteiger partial charge in [-0.15, -0.1) is 11.3 Å². The SMILES string of the molecule is COC(=O)CC#Cc1ccsc1C(=O)OC. The Balaban J connectivity index is 2.77. The van der Waals surface area contributed by atoms with Crippen molar-refractivity contribution >= 4 is 23.3 Å². The van der Waals surface area contributed by atoms with Crippen LogP contribution in [-0.4, -0.2) is 26.2 Å². The van der Waals surface area contributed by atoms with Crippen LogP contribution < -0.4 is 0 Å². The van der Waals surface area contributed by atoms with E-state index < -0.39 is 11.9 Å². The maximum Gasteiger partial charge on any atom is 0.349 e. The number of ether oxygens (including phenoxy) is 2. The highest BCUT2D eigenvalue weighted by Crippen LogP contribution is 2.16. The van der Waals surface area contributed by atoms with E-state index in [9.17, 15) is 9.59 Å². The van der Waals surface area contributed by atoms with Crippen LogP contribution >= 0.6 is 11.3 Å². The summed E-state index contributed by atoms with van der Waals surface area (Å²) < 4.78 is 9.03. The third-order valence-corrected chi connectivity index (χ3v) is 2.61. The average molecular weight is 238 g/mol. The molecular formula is C11H10O4S. The molecule has 0 spiro atoms. The summed E-state index contributed by atoms with van der Waals surface area (Å²) in [5.41, 5.74) is 0.570. The summed E-state index contributed by atoms with van der Waals surface area (Å²) in [5, 5.41) is 1.74. The number of rotatable bonds is 2. The molecule has 0 aliphatic heterocycles. The fourth-order valence-electron chi connectivity index (χ4n) is 0.942. The first-order valence-electron chi connectivity index (χ1n) is 4.40. The molecule has 0 unspecified atom stereocenters. The van der Waals surface area contributed by atoms with Crippen LogP contribution in [0, 0.1) is 11.8 Å². The van der Waals surface area contributed by atoms with E-state index in [1.165, 1.54) is 25.6 Å². The van der Waals surface area contributed by atoms with Gasteiger partial charge in [-0.25, -0.2) is 4.79 Å². The molecule has 84 valence electrons. The standard InChI is InChI=1S/C11H10O4S/c1-14-9(12)5-3-4-8-6-7-16-10(8)11(13)15-2/h6-7H,5H2,1-2H3. The molecule has 0 fully saturated rings. The lowest BCUT2D eigenvalue weighted by atomic mass is 10.2. The zero-order valence-electron chi connectivity index (χ0n) is 8.90. The van der Waals surface area contributed by atoms with E-state index in [1.807, 2.05) is 0 Å². The molecule has 1 rings (SSSR count). The van der Waals surface area contributed by atoms with Gasteiger partial charge in [-0.05, 0) is 11.4 Å². The zero-order valence-corrected chi connectivity index (χ0v) is 9.72. The lowest BCUT2D eigenvalue weighted by molar-refractivity contribution is -0.139. The van der Waals surface area contributed by atoms with Gasteiger partial charge in [0.2, 0.25) is 0 Å². The molecule has 1 aromatic rings. The molecule has 0 atom stereocenters. The molecule has 0 bridgehead atoms. The summed E-state index contributed by atoms with van der Waals surface area (Å²) in [6.07, 6.45) is 0.00690. The summed E-state index contributed by atoms with van der Waals surface area (Å²) in [6.45, 7) is 0. The minimum absolute atomic E-state index is 0.00690. The van der Waals surface area contributed by atoms with E-state index in [4.69, 9.17) is 0 Å². The molecule has 1 heterocycles. The van der Waals surface area contributed by atoms with Crippen LogP contribution in [0.5, 0.6) is 0 Å². The zero-order chi connectivity index (χ0) is 12.0. The molecule has 0 aliphatic carbocycles. The molecule has 0 aliphatic rings. The summed E-state index contributed by atoms with van der Waals surface area (Å²) in [5.74, 6) is 4.54. The fourth-order valence-corrected chi connectivity index (χ4v) is 1.71. The Kier molecular flexibility index (Phi) is 4.55. The van der Waals surface area contributed by atoms with E-state index in [2.05, 4.69) is 21.3 Å². The molecule has 0 saturated heterocycles. The second kappa shape index (κ2) is 5.93. The van der Waals surface area contributed by atoms with E-state index in [0.29, 0.717) is 10.4 Å². The maximum atomic E-state index is 11.3. The van der Waals surface area contributed by atoms with E-state index in [-0.39, 0.29) is 6.42 Å². The topological polar surface area (TPSA) is 52.6 Å². The molecule has 0 N–H and O–H groups in total. The summed E-state index contributed by atoms with van der Waals surface area (Å²) in [6, 6.07) is 1.71. The van der Waals surface area contributed by atoms with Crippen LogP contribution in [0.3, 0.4) is 0 Å². The molecular weight excluding hydrogens is 228 g/mol. The van der Waals surface area contributed by atoms with Crippen molar-refractivity contribution in [1.29, 1.82) is 0 Å². The average Bonchev–Trinajstić information content (AvgIpc) is 2.76. The molecule has 1 aromatic heterocycles. The van der Waals surface area contributed by atoms with Crippen molar-refractivity contribution in [1.82, 2.24) is 0 Å². The number of thiophene rings is 1. The number of methoxy groups -OCH3 is 2. The quantitative estimate of drug-likeness (QED) is 0.578. The van der Waals surface area contributed by atoms with Crippen LogP contribution in [0.4, 0.5) is 0 Å². The van der Waals surface area contributed by atoms with Gasteiger partial charge in [0.25, 0.3) is 0 Å². The first kappa shape index (κ1) is 12.3. The Hall–Kier alpha value is -1.80. The second-order valence-corrected chi connectivity index (χ2v) is 3.63. The lowest BCUT2D eigenvalue weighted by Gasteiger charge is -1.94. The first-order chi connectivity index (χ1) is 7.69. The largest absolute Gasteiger partial charge is 0.468 e. The van der Waals surface area contributed by atoms with Gasteiger partial charge in [-0.2, -0.15) is 0 Å². The third-order valence-electron chi connectivity index (χ3n) is 1.72. The Bertz CT molecular complexity index is 450. The summed E-state index contributed by atoms with van der Waals surface area (Å²) in [7, 11) is 2.61. The number of carbonyl (C=O) groups excluding carboxylic acids is 2. The van der Waals surface area contributed by atoms with Crippen molar-refractivity contribution in [3.05, 3.63) is 21.9 Å². The molecule has 0 saturated carbocycles. The number of esters is 2. The highest BCUT2D eigenvalue weighted by Gasteiger charge is 2.11. The van der Waals surface area contributed by atoms with Crippen LogP contribution in [0.15, 0.2) is 11.4 Å². The highest BCUT2D eigenvalue weighted by atomic mass is 32.1. The Morgan fingerprint density at radius 3 is 2.75 bits per heavy atom. The van der Waals surface area contributed by atoms with Crippen molar-refractivity contribution in [3.8, 4) is 11.8 Å². The normalized spacial score (nSPS) is 8.88. The number of hydrogen-bond donors (Lipinski definition) is 0. The Morgan fingerprint density at radius 1 is 1.38 bits per heavy atom. The van der Waals surface area contributed by atoms with Gasteiger partial charge in [-0.3, -0.25) is 4.79 Å². The van der Waals surface area contributed by atoms with Gasteiger partial charge in [0, 0.05) is 5.56 Å². The van der Waals surface area contributed by atoms with Crippen molar-refractivity contribution in [2.24, 2.45) is 0 Å². The number of hydrogen-bond acceptors (Lipinski definition) is 5. The van der Waals surface area contributed by atoms with Crippen LogP contribution in [-0.2, 0) is 14.3 Å². The molecule has 4 nitrogen and oxygen atoms in total. The van der Waals surface area contributed by atoms with Crippen molar-refractivity contribution in [2.75, 3.05) is 14.2 Å². The molecule has 0 radical (unpaired) electrons. The summed E-state index contributed by atoms with van der Waals surface area (Å²) in [4.78, 5) is 22.5. The van der Waals surface area contributed by atoms with E-state index in [0.717, 1.165) is 0 Å². The van der Waals surface area contributed by atoms with Gasteiger partial charge in [0.15, 0.2) is 0 Å².